The Kier molecular flexibility index (Phi) is 4.63. The molecule has 0 aliphatic carbocycles. The number of benzodiazepines with no additional fused rings is 1. The van der Waals surface area contributed by atoms with E-state index in [0.29, 0.717) is 6.54 Å². The fourth-order valence-corrected chi connectivity index (χ4v) is 2.21. The van der Waals surface area contributed by atoms with E-state index < -0.39 is 6.17 Å². The lowest BCUT2D eigenvalue weighted by atomic mass is 10.0. The predicted molar refractivity (Wildman–Crippen MR) is 86.9 cm³/mol. The van der Waals surface area contributed by atoms with Gasteiger partial charge < -0.3 is 5.32 Å². The lowest BCUT2D eigenvalue weighted by molar-refractivity contribution is 0.770. The number of hydrogen-bond donors (Lipinski definition) is 1. The van der Waals surface area contributed by atoms with Crippen molar-refractivity contribution in [1.82, 2.24) is 0 Å². The van der Waals surface area contributed by atoms with Crippen molar-refractivity contribution in [2.24, 2.45) is 10.2 Å². The summed E-state index contributed by atoms with van der Waals surface area (Å²) in [6.07, 6.45) is -0.512. The molecule has 1 unspecified atom stereocenters. The van der Waals surface area contributed by atoms with Crippen molar-refractivity contribution >= 4 is 28.4 Å². The average molecular weight is 332 g/mol. The van der Waals surface area contributed by atoms with Crippen molar-refractivity contribution in [2.75, 3.05) is 11.9 Å². The summed E-state index contributed by atoms with van der Waals surface area (Å²) in [6.45, 7) is 0.350. The zero-order valence-corrected chi connectivity index (χ0v) is 12.4. The lowest BCUT2D eigenvalue weighted by Crippen LogP contribution is -2.18. The number of benzene rings is 2. The van der Waals surface area contributed by atoms with Gasteiger partial charge in [0, 0.05) is 16.8 Å². The molecule has 2 aromatic carbocycles. The van der Waals surface area contributed by atoms with Crippen LogP contribution in [0.25, 0.3) is 0 Å². The maximum atomic E-state index is 10.8. The van der Waals surface area contributed by atoms with Gasteiger partial charge in [-0.2, -0.15) is 0 Å². The second-order valence-electron chi connectivity index (χ2n) is 4.37. The van der Waals surface area contributed by atoms with Crippen molar-refractivity contribution in [3.63, 3.8) is 0 Å². The van der Waals surface area contributed by atoms with Crippen LogP contribution in [0, 0.1) is 4.91 Å². The molecule has 0 bridgehead atoms. The van der Waals surface area contributed by atoms with Crippen LogP contribution in [0.4, 0.5) is 5.69 Å². The average Bonchev–Trinajstić information content (AvgIpc) is 2.67. The molecule has 0 aromatic heterocycles. The Morgan fingerprint density at radius 1 is 1.05 bits per heavy atom. The van der Waals surface area contributed by atoms with E-state index in [0.717, 1.165) is 22.5 Å². The fraction of sp³-hybridized carbons (Fsp3) is 0.133. The molecule has 1 N–H and O–H groups in total. The number of nitroso groups, excluding NO2 is 1. The summed E-state index contributed by atoms with van der Waals surface area (Å²) in [5.41, 5.74) is 3.84. The molecule has 3 rings (SSSR count). The first kappa shape index (κ1) is 14.4. The second-order valence-corrected chi connectivity index (χ2v) is 4.37. The minimum absolute atomic E-state index is 0. The number of para-hydroxylation sites is 1. The Morgan fingerprint density at radius 3 is 2.50 bits per heavy atom. The van der Waals surface area contributed by atoms with Crippen LogP contribution in [0.2, 0.25) is 0 Å². The van der Waals surface area contributed by atoms with Gasteiger partial charge >= 0.3 is 0 Å². The zero-order chi connectivity index (χ0) is 13.1. The van der Waals surface area contributed by atoms with E-state index >= 15 is 0 Å². The largest absolute Gasteiger partial charge is 0.359 e. The number of fused-ring (bicyclic) bond motifs is 1. The van der Waals surface area contributed by atoms with Crippen LogP contribution in [0.15, 0.2) is 64.8 Å². The minimum atomic E-state index is -0.512. The van der Waals surface area contributed by atoms with Gasteiger partial charge in [0.15, 0.2) is 6.17 Å². The Labute approximate surface area is 127 Å². The summed E-state index contributed by atoms with van der Waals surface area (Å²) in [5.74, 6) is 0. The maximum absolute atomic E-state index is 10.8. The van der Waals surface area contributed by atoms with Gasteiger partial charge in [0.1, 0.15) is 0 Å². The molecule has 0 spiro atoms. The van der Waals surface area contributed by atoms with E-state index in [1.807, 2.05) is 54.6 Å². The van der Waals surface area contributed by atoms with Gasteiger partial charge in [-0.25, -0.2) is 0 Å². The molecule has 5 heteroatoms. The van der Waals surface area contributed by atoms with Crippen LogP contribution in [-0.4, -0.2) is 18.4 Å². The Hall–Kier alpha value is -2.01. The van der Waals surface area contributed by atoms with Gasteiger partial charge in [0.25, 0.3) is 0 Å². The van der Waals surface area contributed by atoms with E-state index in [2.05, 4.69) is 15.5 Å². The molecular weight excluding hydrogens is 318 g/mol. The molecular formula is C15H14BrN3O. The summed E-state index contributed by atoms with van der Waals surface area (Å²) >= 11 is 0. The van der Waals surface area contributed by atoms with Crippen LogP contribution in [0.5, 0.6) is 0 Å². The Bertz CT molecular complexity index is 628. The van der Waals surface area contributed by atoms with Crippen LogP contribution in [0.3, 0.4) is 0 Å². The smallest absolute Gasteiger partial charge is 0.180 e. The van der Waals surface area contributed by atoms with E-state index in [4.69, 9.17) is 0 Å². The third-order valence-electron chi connectivity index (χ3n) is 3.10. The minimum Gasteiger partial charge on any atom is -0.359 e. The Balaban J connectivity index is 0.00000147. The molecule has 1 atom stereocenters. The summed E-state index contributed by atoms with van der Waals surface area (Å²) in [4.78, 5) is 15.3. The first-order valence-corrected chi connectivity index (χ1v) is 6.17. The molecule has 0 amide bonds. The number of halogens is 1. The quantitative estimate of drug-likeness (QED) is 0.854. The highest BCUT2D eigenvalue weighted by Crippen LogP contribution is 2.23. The highest BCUT2D eigenvalue weighted by atomic mass is 79.9. The van der Waals surface area contributed by atoms with Crippen molar-refractivity contribution in [2.45, 2.75) is 6.17 Å². The summed E-state index contributed by atoms with van der Waals surface area (Å²) in [5, 5.41) is 6.18. The highest BCUT2D eigenvalue weighted by molar-refractivity contribution is 8.93. The number of hydrogen-bond acceptors (Lipinski definition) is 4. The monoisotopic (exact) mass is 331 g/mol. The third-order valence-corrected chi connectivity index (χ3v) is 3.10. The molecule has 1 aliphatic heterocycles. The van der Waals surface area contributed by atoms with Gasteiger partial charge in [-0.3, -0.25) is 4.99 Å². The van der Waals surface area contributed by atoms with E-state index in [9.17, 15) is 4.91 Å². The summed E-state index contributed by atoms with van der Waals surface area (Å²) in [6, 6.07) is 17.8. The van der Waals surface area contributed by atoms with Crippen LogP contribution in [0.1, 0.15) is 11.1 Å². The molecule has 102 valence electrons. The molecule has 0 radical (unpaired) electrons. The Morgan fingerprint density at radius 2 is 1.75 bits per heavy atom. The topological polar surface area (TPSA) is 53.8 Å². The van der Waals surface area contributed by atoms with Gasteiger partial charge in [0.2, 0.25) is 0 Å². The van der Waals surface area contributed by atoms with E-state index in [-0.39, 0.29) is 17.0 Å². The molecule has 1 heterocycles. The molecule has 20 heavy (non-hydrogen) atoms. The van der Waals surface area contributed by atoms with Gasteiger partial charge in [0.05, 0.1) is 12.3 Å². The molecule has 0 saturated carbocycles. The molecule has 0 fully saturated rings. The van der Waals surface area contributed by atoms with Gasteiger partial charge in [-0.05, 0) is 11.2 Å². The maximum Gasteiger partial charge on any atom is 0.180 e. The first-order chi connectivity index (χ1) is 9.38. The fourth-order valence-electron chi connectivity index (χ4n) is 2.21. The second kappa shape index (κ2) is 6.43. The van der Waals surface area contributed by atoms with Crippen LogP contribution < -0.4 is 5.32 Å². The zero-order valence-electron chi connectivity index (χ0n) is 10.7. The molecule has 0 saturated heterocycles. The molecule has 4 nitrogen and oxygen atoms in total. The van der Waals surface area contributed by atoms with Crippen molar-refractivity contribution in [3.05, 3.63) is 70.6 Å². The van der Waals surface area contributed by atoms with Crippen molar-refractivity contribution in [1.29, 1.82) is 0 Å². The molecule has 1 aliphatic rings. The van der Waals surface area contributed by atoms with Crippen LogP contribution >= 0.6 is 17.0 Å². The number of anilines is 1. The van der Waals surface area contributed by atoms with Crippen LogP contribution in [-0.2, 0) is 0 Å². The number of aliphatic imine (C=N–C) groups is 1. The number of nitrogens with one attached hydrogen (secondary N) is 1. The predicted octanol–water partition coefficient (Wildman–Crippen LogP) is 3.62. The van der Waals surface area contributed by atoms with E-state index in [1.54, 1.807) is 0 Å². The summed E-state index contributed by atoms with van der Waals surface area (Å²) < 4.78 is 0. The van der Waals surface area contributed by atoms with E-state index in [1.165, 1.54) is 0 Å². The van der Waals surface area contributed by atoms with Gasteiger partial charge in [-0.1, -0.05) is 48.5 Å². The number of nitrogens with zero attached hydrogens (tertiary/aromatic N) is 2. The van der Waals surface area contributed by atoms with Crippen molar-refractivity contribution in [3.8, 4) is 0 Å². The van der Waals surface area contributed by atoms with Gasteiger partial charge in [-0.15, -0.1) is 21.9 Å². The summed E-state index contributed by atoms with van der Waals surface area (Å²) in [7, 11) is 0. The first-order valence-electron chi connectivity index (χ1n) is 6.17. The highest BCUT2D eigenvalue weighted by Gasteiger charge is 2.18. The molecule has 2 aromatic rings. The normalized spacial score (nSPS) is 16.8. The lowest BCUT2D eigenvalue weighted by Gasteiger charge is -2.11. The van der Waals surface area contributed by atoms with Crippen molar-refractivity contribution < 1.29 is 0 Å². The SMILES string of the molecule is Br.O=NC1CN=C(c2ccccc2)c2ccccc2N1. The number of rotatable bonds is 2. The third kappa shape index (κ3) is 2.77. The standard InChI is InChI=1S/C15H13N3O.BrH/c19-18-14-10-16-15(11-6-2-1-3-7-11)12-8-4-5-9-13(12)17-14;/h1-9,14,17H,10H2;1H.